The smallest absolute Gasteiger partial charge is 0.329 e. The quantitative estimate of drug-likeness (QED) is 0.620. The molecule has 20 heavy (non-hydrogen) atoms. The number of alkyl halides is 1. The summed E-state index contributed by atoms with van der Waals surface area (Å²) in [7, 11) is 1.38. The van der Waals surface area contributed by atoms with Crippen LogP contribution in [-0.4, -0.2) is 27.6 Å². The molecule has 0 radical (unpaired) electrons. The fourth-order valence-electron chi connectivity index (χ4n) is 2.19. The van der Waals surface area contributed by atoms with Gasteiger partial charge in [-0.05, 0) is 27.9 Å². The molecule has 2 aromatic rings. The number of nitrogens with zero attached hydrogens (tertiary/aromatic N) is 3. The van der Waals surface area contributed by atoms with Crippen LogP contribution in [0.3, 0.4) is 0 Å². The molecule has 1 unspecified atom stereocenters. The van der Waals surface area contributed by atoms with Gasteiger partial charge in [-0.15, -0.1) is 11.6 Å². The summed E-state index contributed by atoms with van der Waals surface area (Å²) in [4.78, 5) is 20.9. The first-order valence-corrected chi connectivity index (χ1v) is 7.48. The van der Waals surface area contributed by atoms with Crippen LogP contribution in [-0.2, 0) is 15.4 Å². The first kappa shape index (κ1) is 15.3. The summed E-state index contributed by atoms with van der Waals surface area (Å²) in [5, 5.41) is 0. The molecule has 0 fully saturated rings. The normalized spacial score (nSPS) is 12.9. The number of carbonyl (C=O) groups is 1. The second-order valence-corrected chi connectivity index (χ2v) is 5.92. The van der Waals surface area contributed by atoms with Crippen LogP contribution in [0.5, 0.6) is 0 Å². The highest BCUT2D eigenvalue weighted by Gasteiger charge is 2.29. The lowest BCUT2D eigenvalue weighted by Crippen LogP contribution is -2.27. The van der Waals surface area contributed by atoms with Gasteiger partial charge in [0.15, 0.2) is 5.65 Å². The summed E-state index contributed by atoms with van der Waals surface area (Å²) >= 11 is 9.33. The van der Waals surface area contributed by atoms with E-state index >= 15 is 0 Å². The summed E-state index contributed by atoms with van der Waals surface area (Å²) in [5.41, 5.74) is 1.33. The standard InChI is InChI=1S/C13H15BrClN3O2/c1-7(2)11(13(19)20-3)18-10(5-15)17-9-4-8(14)6-16-12(9)18/h4,6-7,11H,5H2,1-3H3. The lowest BCUT2D eigenvalue weighted by Gasteiger charge is -2.21. The predicted octanol–water partition coefficient (Wildman–Crippen LogP) is 3.30. The Morgan fingerprint density at radius 1 is 1.55 bits per heavy atom. The molecule has 5 nitrogen and oxygen atoms in total. The summed E-state index contributed by atoms with van der Waals surface area (Å²) in [6.07, 6.45) is 1.67. The molecule has 0 aromatic carbocycles. The van der Waals surface area contributed by atoms with Crippen molar-refractivity contribution in [3.63, 3.8) is 0 Å². The third-order valence-corrected chi connectivity index (χ3v) is 3.71. The molecule has 0 saturated carbocycles. The van der Waals surface area contributed by atoms with Gasteiger partial charge in [-0.1, -0.05) is 13.8 Å². The number of aromatic nitrogens is 3. The molecule has 0 saturated heterocycles. The number of hydrogen-bond acceptors (Lipinski definition) is 4. The highest BCUT2D eigenvalue weighted by Crippen LogP contribution is 2.28. The summed E-state index contributed by atoms with van der Waals surface area (Å²) in [5.74, 6) is 0.521. The first-order chi connectivity index (χ1) is 9.49. The van der Waals surface area contributed by atoms with Crippen molar-refractivity contribution < 1.29 is 9.53 Å². The number of esters is 1. The fraction of sp³-hybridized carbons (Fsp3) is 0.462. The van der Waals surface area contributed by atoms with E-state index in [0.29, 0.717) is 17.0 Å². The Kier molecular flexibility index (Phi) is 4.65. The highest BCUT2D eigenvalue weighted by molar-refractivity contribution is 9.10. The molecule has 108 valence electrons. The monoisotopic (exact) mass is 359 g/mol. The van der Waals surface area contributed by atoms with Gasteiger partial charge in [0.2, 0.25) is 0 Å². The minimum absolute atomic E-state index is 0.0345. The van der Waals surface area contributed by atoms with Gasteiger partial charge in [-0.2, -0.15) is 0 Å². The molecular weight excluding hydrogens is 346 g/mol. The number of methoxy groups -OCH3 is 1. The van der Waals surface area contributed by atoms with Crippen molar-refractivity contribution in [1.82, 2.24) is 14.5 Å². The van der Waals surface area contributed by atoms with E-state index in [1.807, 2.05) is 19.9 Å². The van der Waals surface area contributed by atoms with Gasteiger partial charge in [0.1, 0.15) is 17.4 Å². The maximum Gasteiger partial charge on any atom is 0.329 e. The van der Waals surface area contributed by atoms with Crippen molar-refractivity contribution in [3.05, 3.63) is 22.6 Å². The van der Waals surface area contributed by atoms with Gasteiger partial charge in [0.05, 0.1) is 13.0 Å². The van der Waals surface area contributed by atoms with Gasteiger partial charge >= 0.3 is 5.97 Å². The number of carbonyl (C=O) groups excluding carboxylic acids is 1. The fourth-order valence-corrected chi connectivity index (χ4v) is 2.70. The molecule has 7 heteroatoms. The molecule has 1 atom stereocenters. The molecule has 0 aliphatic carbocycles. The van der Waals surface area contributed by atoms with Crippen LogP contribution in [0.2, 0.25) is 0 Å². The average Bonchev–Trinajstić information content (AvgIpc) is 2.76. The van der Waals surface area contributed by atoms with Crippen LogP contribution in [0.1, 0.15) is 25.7 Å². The lowest BCUT2D eigenvalue weighted by atomic mass is 10.0. The maximum absolute atomic E-state index is 12.1. The van der Waals surface area contributed by atoms with Gasteiger partial charge in [-0.25, -0.2) is 14.8 Å². The van der Waals surface area contributed by atoms with Crippen LogP contribution in [0.25, 0.3) is 11.2 Å². The Bertz CT molecular complexity index is 642. The van der Waals surface area contributed by atoms with E-state index in [4.69, 9.17) is 16.3 Å². The van der Waals surface area contributed by atoms with Gasteiger partial charge < -0.3 is 4.74 Å². The summed E-state index contributed by atoms with van der Waals surface area (Å²) < 4.78 is 7.50. The molecule has 0 spiro atoms. The molecular formula is C13H15BrClN3O2. The molecule has 0 N–H and O–H groups in total. The maximum atomic E-state index is 12.1. The second kappa shape index (κ2) is 6.10. The Hall–Kier alpha value is -1.14. The number of ether oxygens (including phenoxy) is 1. The largest absolute Gasteiger partial charge is 0.467 e. The molecule has 0 bridgehead atoms. The van der Waals surface area contributed by atoms with E-state index in [2.05, 4.69) is 25.9 Å². The summed E-state index contributed by atoms with van der Waals surface area (Å²) in [6.45, 7) is 3.90. The van der Waals surface area contributed by atoms with E-state index < -0.39 is 6.04 Å². The van der Waals surface area contributed by atoms with Crippen LogP contribution >= 0.6 is 27.5 Å². The van der Waals surface area contributed by atoms with Crippen molar-refractivity contribution in [2.24, 2.45) is 5.92 Å². The lowest BCUT2D eigenvalue weighted by molar-refractivity contribution is -0.146. The average molecular weight is 361 g/mol. The molecule has 2 heterocycles. The number of halogens is 2. The van der Waals surface area contributed by atoms with E-state index in [1.165, 1.54) is 7.11 Å². The van der Waals surface area contributed by atoms with E-state index in [0.717, 1.165) is 4.47 Å². The zero-order valence-corrected chi connectivity index (χ0v) is 13.8. The molecule has 0 aliphatic heterocycles. The van der Waals surface area contributed by atoms with Crippen LogP contribution in [0.15, 0.2) is 16.7 Å². The molecule has 0 aliphatic rings. The third-order valence-electron chi connectivity index (χ3n) is 3.04. The van der Waals surface area contributed by atoms with Crippen molar-refractivity contribution >= 4 is 44.7 Å². The van der Waals surface area contributed by atoms with Gasteiger partial charge in [0.25, 0.3) is 0 Å². The highest BCUT2D eigenvalue weighted by atomic mass is 79.9. The van der Waals surface area contributed by atoms with E-state index in [1.54, 1.807) is 10.8 Å². The minimum Gasteiger partial charge on any atom is -0.467 e. The van der Waals surface area contributed by atoms with Crippen molar-refractivity contribution in [3.8, 4) is 0 Å². The van der Waals surface area contributed by atoms with Crippen LogP contribution in [0.4, 0.5) is 0 Å². The minimum atomic E-state index is -0.493. The Labute approximate surface area is 130 Å². The zero-order valence-electron chi connectivity index (χ0n) is 11.4. The SMILES string of the molecule is COC(=O)C(C(C)C)n1c(CCl)nc2cc(Br)cnc21. The topological polar surface area (TPSA) is 57.0 Å². The van der Waals surface area contributed by atoms with Gasteiger partial charge in [0, 0.05) is 10.7 Å². The number of rotatable bonds is 4. The van der Waals surface area contributed by atoms with E-state index in [9.17, 15) is 4.79 Å². The van der Waals surface area contributed by atoms with Gasteiger partial charge in [-0.3, -0.25) is 4.57 Å². The number of hydrogen-bond donors (Lipinski definition) is 0. The second-order valence-electron chi connectivity index (χ2n) is 4.74. The van der Waals surface area contributed by atoms with Crippen molar-refractivity contribution in [2.75, 3.05) is 7.11 Å². The summed E-state index contributed by atoms with van der Waals surface area (Å²) in [6, 6.07) is 1.36. The molecule has 2 aromatic heterocycles. The zero-order chi connectivity index (χ0) is 14.9. The van der Waals surface area contributed by atoms with Crippen LogP contribution < -0.4 is 0 Å². The Morgan fingerprint density at radius 2 is 2.25 bits per heavy atom. The molecule has 0 amide bonds. The Morgan fingerprint density at radius 3 is 2.80 bits per heavy atom. The van der Waals surface area contributed by atoms with Crippen molar-refractivity contribution in [2.45, 2.75) is 25.8 Å². The van der Waals surface area contributed by atoms with Crippen molar-refractivity contribution in [1.29, 1.82) is 0 Å². The third kappa shape index (κ3) is 2.67. The predicted molar refractivity (Wildman–Crippen MR) is 80.7 cm³/mol. The number of fused-ring (bicyclic) bond motifs is 1. The first-order valence-electron chi connectivity index (χ1n) is 6.15. The Balaban J connectivity index is 2.69. The number of pyridine rings is 1. The number of imidazole rings is 1. The van der Waals surface area contributed by atoms with E-state index in [-0.39, 0.29) is 17.8 Å². The van der Waals surface area contributed by atoms with Crippen LogP contribution in [0, 0.1) is 5.92 Å². The molecule has 2 rings (SSSR count).